The Kier molecular flexibility index (Phi) is 5.08. The van der Waals surface area contributed by atoms with Gasteiger partial charge in [0.2, 0.25) is 0 Å². The van der Waals surface area contributed by atoms with E-state index in [0.717, 1.165) is 38.0 Å². The van der Waals surface area contributed by atoms with Gasteiger partial charge in [-0.15, -0.1) is 0 Å². The predicted molar refractivity (Wildman–Crippen MR) is 76.5 cm³/mol. The van der Waals surface area contributed by atoms with E-state index in [1.165, 1.54) is 7.11 Å². The lowest BCUT2D eigenvalue weighted by molar-refractivity contribution is -0.147. The highest BCUT2D eigenvalue weighted by Crippen LogP contribution is 2.25. The van der Waals surface area contributed by atoms with Crippen LogP contribution in [0, 0.1) is 5.92 Å². The Morgan fingerprint density at radius 2 is 2.26 bits per heavy atom. The molecule has 1 fully saturated rings. The molecule has 1 aliphatic rings. The molecule has 0 bridgehead atoms. The molecule has 1 aliphatic heterocycles. The van der Waals surface area contributed by atoms with Crippen molar-refractivity contribution >= 4 is 29.2 Å². The van der Waals surface area contributed by atoms with Crippen LogP contribution in [0.1, 0.15) is 18.4 Å². The fourth-order valence-corrected chi connectivity index (χ4v) is 2.92. The van der Waals surface area contributed by atoms with Crippen LogP contribution in [0.5, 0.6) is 0 Å². The Balaban J connectivity index is 2.00. The molecule has 0 unspecified atom stereocenters. The van der Waals surface area contributed by atoms with Gasteiger partial charge in [0.1, 0.15) is 0 Å². The van der Waals surface area contributed by atoms with Crippen LogP contribution in [0.4, 0.5) is 0 Å². The molecule has 104 valence electrons. The fraction of sp³-hybridized carbons (Fsp3) is 0.500. The van der Waals surface area contributed by atoms with E-state index in [1.54, 1.807) is 6.07 Å². The summed E-state index contributed by atoms with van der Waals surface area (Å²) in [6.07, 6.45) is 1.91. The monoisotopic (exact) mass is 301 g/mol. The molecule has 0 aromatic heterocycles. The molecule has 0 amide bonds. The van der Waals surface area contributed by atoms with E-state index >= 15 is 0 Å². The summed E-state index contributed by atoms with van der Waals surface area (Å²) < 4.78 is 4.82. The molecule has 0 N–H and O–H groups in total. The minimum atomic E-state index is -0.119. The van der Waals surface area contributed by atoms with Gasteiger partial charge >= 0.3 is 5.97 Å². The highest BCUT2D eigenvalue weighted by Gasteiger charge is 2.26. The molecule has 5 heteroatoms. The predicted octanol–water partition coefficient (Wildman–Crippen LogP) is 3.38. The minimum Gasteiger partial charge on any atom is -0.469 e. The van der Waals surface area contributed by atoms with Gasteiger partial charge in [-0.1, -0.05) is 29.3 Å². The highest BCUT2D eigenvalue weighted by atomic mass is 35.5. The largest absolute Gasteiger partial charge is 0.469 e. The molecule has 1 aromatic rings. The van der Waals surface area contributed by atoms with Crippen molar-refractivity contribution in [2.75, 3.05) is 20.2 Å². The smallest absolute Gasteiger partial charge is 0.309 e. The third-order valence-corrected chi connectivity index (χ3v) is 4.04. The number of esters is 1. The van der Waals surface area contributed by atoms with Crippen molar-refractivity contribution in [3.05, 3.63) is 33.8 Å². The molecule has 2 rings (SSSR count). The number of carbonyl (C=O) groups is 1. The van der Waals surface area contributed by atoms with E-state index in [2.05, 4.69) is 4.90 Å². The summed E-state index contributed by atoms with van der Waals surface area (Å²) in [7, 11) is 1.44. The van der Waals surface area contributed by atoms with Crippen LogP contribution in [0.2, 0.25) is 10.0 Å². The topological polar surface area (TPSA) is 29.5 Å². The maximum atomic E-state index is 11.6. The maximum Gasteiger partial charge on any atom is 0.309 e. The van der Waals surface area contributed by atoms with E-state index in [1.807, 2.05) is 12.1 Å². The van der Waals surface area contributed by atoms with Gasteiger partial charge in [-0.25, -0.2) is 0 Å². The third kappa shape index (κ3) is 3.85. The summed E-state index contributed by atoms with van der Waals surface area (Å²) in [5.41, 5.74) is 1.04. The van der Waals surface area contributed by atoms with Gasteiger partial charge in [-0.05, 0) is 37.1 Å². The Morgan fingerprint density at radius 3 is 2.95 bits per heavy atom. The fourth-order valence-electron chi connectivity index (χ4n) is 2.45. The van der Waals surface area contributed by atoms with Crippen molar-refractivity contribution in [1.82, 2.24) is 4.90 Å². The van der Waals surface area contributed by atoms with Crippen LogP contribution in [0.15, 0.2) is 18.2 Å². The summed E-state index contributed by atoms with van der Waals surface area (Å²) in [4.78, 5) is 13.8. The quantitative estimate of drug-likeness (QED) is 0.802. The molecule has 0 spiro atoms. The van der Waals surface area contributed by atoms with E-state index in [-0.39, 0.29) is 11.9 Å². The number of nitrogens with zero attached hydrogens (tertiary/aromatic N) is 1. The number of hydrogen-bond acceptors (Lipinski definition) is 3. The van der Waals surface area contributed by atoms with E-state index in [4.69, 9.17) is 27.9 Å². The van der Waals surface area contributed by atoms with Crippen molar-refractivity contribution in [3.63, 3.8) is 0 Å². The molecule has 0 saturated carbocycles. The average Bonchev–Trinajstić information content (AvgIpc) is 2.41. The van der Waals surface area contributed by atoms with Gasteiger partial charge in [0, 0.05) is 23.1 Å². The number of piperidine rings is 1. The number of methoxy groups -OCH3 is 1. The molecule has 0 radical (unpaired) electrons. The molecule has 1 aromatic carbocycles. The summed E-state index contributed by atoms with van der Waals surface area (Å²) in [6, 6.07) is 5.52. The normalized spacial score (nSPS) is 20.3. The Hall–Kier alpha value is -0.770. The second-order valence-electron chi connectivity index (χ2n) is 4.83. The van der Waals surface area contributed by atoms with Gasteiger partial charge in [0.15, 0.2) is 0 Å². The Morgan fingerprint density at radius 1 is 1.47 bits per heavy atom. The average molecular weight is 302 g/mol. The van der Waals surface area contributed by atoms with Crippen LogP contribution in [0.3, 0.4) is 0 Å². The molecule has 0 aliphatic carbocycles. The zero-order valence-electron chi connectivity index (χ0n) is 10.9. The van der Waals surface area contributed by atoms with Crippen LogP contribution in [0.25, 0.3) is 0 Å². The number of rotatable bonds is 3. The van der Waals surface area contributed by atoms with E-state index in [9.17, 15) is 4.79 Å². The standard InChI is InChI=1S/C14H17Cl2NO2/c1-19-14(18)11-3-2-6-17(9-11)8-10-4-5-12(15)7-13(10)16/h4-5,7,11H,2-3,6,8-9H2,1H3/t11-/m0/s1. The molecule has 1 atom stereocenters. The minimum absolute atomic E-state index is 0.0233. The Bertz CT molecular complexity index is 465. The van der Waals surface area contributed by atoms with Gasteiger partial charge < -0.3 is 4.74 Å². The van der Waals surface area contributed by atoms with Crippen molar-refractivity contribution in [1.29, 1.82) is 0 Å². The number of halogens is 2. The number of carbonyl (C=O) groups excluding carboxylic acids is 1. The lowest BCUT2D eigenvalue weighted by Gasteiger charge is -2.31. The summed E-state index contributed by atoms with van der Waals surface area (Å²) in [5.74, 6) is -0.142. The first-order valence-corrected chi connectivity index (χ1v) is 7.10. The Labute approximate surface area is 123 Å². The van der Waals surface area contributed by atoms with Crippen LogP contribution in [-0.4, -0.2) is 31.1 Å². The van der Waals surface area contributed by atoms with Crippen molar-refractivity contribution < 1.29 is 9.53 Å². The molecular weight excluding hydrogens is 285 g/mol. The van der Waals surface area contributed by atoms with Crippen LogP contribution < -0.4 is 0 Å². The number of benzene rings is 1. The van der Waals surface area contributed by atoms with Crippen LogP contribution in [-0.2, 0) is 16.1 Å². The van der Waals surface area contributed by atoms with Crippen molar-refractivity contribution in [2.24, 2.45) is 5.92 Å². The van der Waals surface area contributed by atoms with Gasteiger partial charge in [-0.3, -0.25) is 9.69 Å². The molecule has 3 nitrogen and oxygen atoms in total. The second-order valence-corrected chi connectivity index (χ2v) is 5.68. The van der Waals surface area contributed by atoms with E-state index < -0.39 is 0 Å². The van der Waals surface area contributed by atoms with Gasteiger partial charge in [0.05, 0.1) is 13.0 Å². The second kappa shape index (κ2) is 6.60. The first-order chi connectivity index (χ1) is 9.10. The summed E-state index contributed by atoms with van der Waals surface area (Å²) in [6.45, 7) is 2.45. The third-order valence-electron chi connectivity index (χ3n) is 3.45. The first kappa shape index (κ1) is 14.6. The maximum absolute atomic E-state index is 11.6. The lowest BCUT2D eigenvalue weighted by Crippen LogP contribution is -2.38. The van der Waals surface area contributed by atoms with Crippen molar-refractivity contribution in [2.45, 2.75) is 19.4 Å². The zero-order chi connectivity index (χ0) is 13.8. The number of likely N-dealkylation sites (tertiary alicyclic amines) is 1. The molecular formula is C14H17Cl2NO2. The molecule has 19 heavy (non-hydrogen) atoms. The summed E-state index contributed by atoms with van der Waals surface area (Å²) >= 11 is 12.1. The van der Waals surface area contributed by atoms with E-state index in [0.29, 0.717) is 10.0 Å². The van der Waals surface area contributed by atoms with Gasteiger partial charge in [0.25, 0.3) is 0 Å². The first-order valence-electron chi connectivity index (χ1n) is 6.34. The number of hydrogen-bond donors (Lipinski definition) is 0. The molecule has 1 saturated heterocycles. The highest BCUT2D eigenvalue weighted by molar-refractivity contribution is 6.35. The lowest BCUT2D eigenvalue weighted by atomic mass is 9.98. The number of ether oxygens (including phenoxy) is 1. The van der Waals surface area contributed by atoms with Crippen molar-refractivity contribution in [3.8, 4) is 0 Å². The summed E-state index contributed by atoms with van der Waals surface area (Å²) in [5, 5.41) is 1.31. The SMILES string of the molecule is COC(=O)[C@H]1CCCN(Cc2ccc(Cl)cc2Cl)C1. The zero-order valence-corrected chi connectivity index (χ0v) is 12.4. The van der Waals surface area contributed by atoms with Crippen LogP contribution >= 0.6 is 23.2 Å². The molecule has 1 heterocycles. The van der Waals surface area contributed by atoms with Gasteiger partial charge in [-0.2, -0.15) is 0 Å².